The Kier molecular flexibility index (Phi) is 5.20. The van der Waals surface area contributed by atoms with Crippen LogP contribution in [0.2, 0.25) is 0 Å². The fraction of sp³-hybridized carbons (Fsp3) is 0.500. The number of phenolic OH excluding ortho intramolecular Hbond substituents is 1. The van der Waals surface area contributed by atoms with Gasteiger partial charge in [0.05, 0.1) is 5.56 Å². The van der Waals surface area contributed by atoms with Crippen LogP contribution in [0.25, 0.3) is 0 Å². The van der Waals surface area contributed by atoms with Crippen LogP contribution in [-0.4, -0.2) is 29.1 Å². The number of carbonyl (C=O) groups excluding carboxylic acids is 2. The van der Waals surface area contributed by atoms with Gasteiger partial charge in [-0.15, -0.1) is 0 Å². The minimum Gasteiger partial charge on any atom is -0.508 e. The average molecular weight is 291 g/mol. The SMILES string of the molecule is C[C@H](OC(=O)c1cccc(O)c1)C(=O)NC1CCCCC1. The van der Waals surface area contributed by atoms with Gasteiger partial charge in [0, 0.05) is 6.04 Å². The van der Waals surface area contributed by atoms with E-state index in [0.29, 0.717) is 0 Å². The number of hydrogen-bond donors (Lipinski definition) is 2. The Morgan fingerprint density at radius 1 is 1.29 bits per heavy atom. The minimum atomic E-state index is -0.846. The van der Waals surface area contributed by atoms with E-state index in [1.807, 2.05) is 0 Å². The van der Waals surface area contributed by atoms with Gasteiger partial charge in [-0.2, -0.15) is 0 Å². The fourth-order valence-electron chi connectivity index (χ4n) is 2.48. The second kappa shape index (κ2) is 7.11. The molecule has 1 aliphatic rings. The number of benzene rings is 1. The van der Waals surface area contributed by atoms with Crippen molar-refractivity contribution in [1.29, 1.82) is 0 Å². The molecular weight excluding hydrogens is 270 g/mol. The highest BCUT2D eigenvalue weighted by atomic mass is 16.5. The highest BCUT2D eigenvalue weighted by molar-refractivity contribution is 5.92. The molecule has 0 unspecified atom stereocenters. The Morgan fingerprint density at radius 3 is 2.67 bits per heavy atom. The summed E-state index contributed by atoms with van der Waals surface area (Å²) >= 11 is 0. The molecule has 2 rings (SSSR count). The predicted octanol–water partition coefficient (Wildman–Crippen LogP) is 2.39. The number of carbonyl (C=O) groups is 2. The molecule has 0 aliphatic heterocycles. The van der Waals surface area contributed by atoms with E-state index in [1.54, 1.807) is 13.0 Å². The number of phenols is 1. The number of hydrogen-bond acceptors (Lipinski definition) is 4. The summed E-state index contributed by atoms with van der Waals surface area (Å²) in [7, 11) is 0. The van der Waals surface area contributed by atoms with Crippen LogP contribution in [0.5, 0.6) is 5.75 Å². The third-order valence-electron chi connectivity index (χ3n) is 3.69. The third kappa shape index (κ3) is 4.48. The molecule has 0 saturated heterocycles. The molecule has 0 radical (unpaired) electrons. The molecule has 1 saturated carbocycles. The van der Waals surface area contributed by atoms with E-state index in [0.717, 1.165) is 25.7 Å². The first kappa shape index (κ1) is 15.4. The first-order chi connectivity index (χ1) is 10.1. The Labute approximate surface area is 124 Å². The highest BCUT2D eigenvalue weighted by Crippen LogP contribution is 2.18. The van der Waals surface area contributed by atoms with Gasteiger partial charge in [-0.1, -0.05) is 25.3 Å². The van der Waals surface area contributed by atoms with Gasteiger partial charge in [0.15, 0.2) is 6.10 Å². The number of nitrogens with one attached hydrogen (secondary N) is 1. The number of aromatic hydroxyl groups is 1. The van der Waals surface area contributed by atoms with Crippen molar-refractivity contribution in [2.24, 2.45) is 0 Å². The topological polar surface area (TPSA) is 75.6 Å². The van der Waals surface area contributed by atoms with Crippen LogP contribution in [-0.2, 0) is 9.53 Å². The number of esters is 1. The molecule has 0 bridgehead atoms. The van der Waals surface area contributed by atoms with Crippen molar-refractivity contribution < 1.29 is 19.4 Å². The Bertz CT molecular complexity index is 509. The second-order valence-electron chi connectivity index (χ2n) is 5.44. The molecule has 2 N–H and O–H groups in total. The van der Waals surface area contributed by atoms with Crippen molar-refractivity contribution in [3.05, 3.63) is 29.8 Å². The smallest absolute Gasteiger partial charge is 0.339 e. The molecule has 1 aliphatic carbocycles. The maximum Gasteiger partial charge on any atom is 0.339 e. The molecular formula is C16H21NO4. The van der Waals surface area contributed by atoms with E-state index in [-0.39, 0.29) is 23.3 Å². The van der Waals surface area contributed by atoms with Crippen LogP contribution < -0.4 is 5.32 Å². The van der Waals surface area contributed by atoms with Gasteiger partial charge in [-0.25, -0.2) is 4.79 Å². The molecule has 0 heterocycles. The zero-order chi connectivity index (χ0) is 15.2. The van der Waals surface area contributed by atoms with E-state index in [2.05, 4.69) is 5.32 Å². The summed E-state index contributed by atoms with van der Waals surface area (Å²) in [5.74, 6) is -0.892. The minimum absolute atomic E-state index is 0.0104. The lowest BCUT2D eigenvalue weighted by Crippen LogP contribution is -2.42. The van der Waals surface area contributed by atoms with Crippen LogP contribution in [0.3, 0.4) is 0 Å². The Balaban J connectivity index is 1.86. The first-order valence-corrected chi connectivity index (χ1v) is 7.36. The van der Waals surface area contributed by atoms with E-state index in [1.165, 1.54) is 24.6 Å². The molecule has 1 aromatic rings. The summed E-state index contributed by atoms with van der Waals surface area (Å²) in [6.45, 7) is 1.55. The van der Waals surface area contributed by atoms with Crippen molar-refractivity contribution in [1.82, 2.24) is 5.32 Å². The third-order valence-corrected chi connectivity index (χ3v) is 3.69. The van der Waals surface area contributed by atoms with Gasteiger partial charge >= 0.3 is 5.97 Å². The van der Waals surface area contributed by atoms with Gasteiger partial charge in [0.25, 0.3) is 5.91 Å². The van der Waals surface area contributed by atoms with Crippen LogP contribution in [0.4, 0.5) is 0 Å². The lowest BCUT2D eigenvalue weighted by atomic mass is 9.95. The maximum absolute atomic E-state index is 12.0. The van der Waals surface area contributed by atoms with Gasteiger partial charge < -0.3 is 15.2 Å². The molecule has 5 nitrogen and oxygen atoms in total. The van der Waals surface area contributed by atoms with E-state index >= 15 is 0 Å². The molecule has 1 amide bonds. The van der Waals surface area contributed by atoms with Crippen molar-refractivity contribution >= 4 is 11.9 Å². The molecule has 5 heteroatoms. The molecule has 0 aromatic heterocycles. The summed E-state index contributed by atoms with van der Waals surface area (Å²) in [6, 6.07) is 6.06. The zero-order valence-corrected chi connectivity index (χ0v) is 12.2. The lowest BCUT2D eigenvalue weighted by molar-refractivity contribution is -0.130. The lowest BCUT2D eigenvalue weighted by Gasteiger charge is -2.24. The zero-order valence-electron chi connectivity index (χ0n) is 12.2. The van der Waals surface area contributed by atoms with E-state index in [9.17, 15) is 14.7 Å². The second-order valence-corrected chi connectivity index (χ2v) is 5.44. The molecule has 114 valence electrons. The Hall–Kier alpha value is -2.04. The van der Waals surface area contributed by atoms with Gasteiger partial charge in [0.1, 0.15) is 5.75 Å². The van der Waals surface area contributed by atoms with Crippen molar-refractivity contribution in [2.75, 3.05) is 0 Å². The van der Waals surface area contributed by atoms with Crippen LogP contribution in [0, 0.1) is 0 Å². The van der Waals surface area contributed by atoms with Gasteiger partial charge in [-0.05, 0) is 38.0 Å². The fourth-order valence-corrected chi connectivity index (χ4v) is 2.48. The van der Waals surface area contributed by atoms with E-state index in [4.69, 9.17) is 4.74 Å². The summed E-state index contributed by atoms with van der Waals surface area (Å²) in [6.07, 6.45) is 4.60. The summed E-state index contributed by atoms with van der Waals surface area (Å²) in [4.78, 5) is 23.9. The first-order valence-electron chi connectivity index (χ1n) is 7.36. The monoisotopic (exact) mass is 291 g/mol. The van der Waals surface area contributed by atoms with Gasteiger partial charge in [-0.3, -0.25) is 4.79 Å². The maximum atomic E-state index is 12.0. The largest absolute Gasteiger partial charge is 0.508 e. The summed E-state index contributed by atoms with van der Waals surface area (Å²) in [5.41, 5.74) is 0.229. The van der Waals surface area contributed by atoms with Crippen molar-refractivity contribution in [3.8, 4) is 5.75 Å². The average Bonchev–Trinajstić information content (AvgIpc) is 2.48. The van der Waals surface area contributed by atoms with Crippen LogP contribution in [0.15, 0.2) is 24.3 Å². The van der Waals surface area contributed by atoms with Crippen LogP contribution >= 0.6 is 0 Å². The molecule has 1 fully saturated rings. The Morgan fingerprint density at radius 2 is 2.00 bits per heavy atom. The normalized spacial score (nSPS) is 17.0. The number of amides is 1. The number of ether oxygens (including phenoxy) is 1. The summed E-state index contributed by atoms with van der Waals surface area (Å²) < 4.78 is 5.13. The van der Waals surface area contributed by atoms with Gasteiger partial charge in [0.2, 0.25) is 0 Å². The summed E-state index contributed by atoms with van der Waals surface area (Å²) in [5, 5.41) is 12.3. The molecule has 1 aromatic carbocycles. The predicted molar refractivity (Wildman–Crippen MR) is 78.0 cm³/mol. The molecule has 1 atom stereocenters. The quantitative estimate of drug-likeness (QED) is 0.835. The standard InChI is InChI=1S/C16H21NO4/c1-11(15(19)17-13-7-3-2-4-8-13)21-16(20)12-6-5-9-14(18)10-12/h5-6,9-11,13,18H,2-4,7-8H2,1H3,(H,17,19)/t11-/m0/s1. The van der Waals surface area contributed by atoms with Crippen LogP contribution in [0.1, 0.15) is 49.4 Å². The molecule has 21 heavy (non-hydrogen) atoms. The molecule has 0 spiro atoms. The van der Waals surface area contributed by atoms with E-state index < -0.39 is 12.1 Å². The van der Waals surface area contributed by atoms with Crippen molar-refractivity contribution in [3.63, 3.8) is 0 Å². The number of rotatable bonds is 4. The highest BCUT2D eigenvalue weighted by Gasteiger charge is 2.22. The van der Waals surface area contributed by atoms with Crippen molar-refractivity contribution in [2.45, 2.75) is 51.2 Å².